The molecule has 0 aromatic carbocycles. The maximum absolute atomic E-state index is 11.8. The van der Waals surface area contributed by atoms with Gasteiger partial charge < -0.3 is 11.1 Å². The summed E-state index contributed by atoms with van der Waals surface area (Å²) in [5.41, 5.74) is 5.17. The predicted molar refractivity (Wildman–Crippen MR) is 66.9 cm³/mol. The normalized spacial score (nSPS) is 35.3. The molecule has 1 saturated carbocycles. The lowest BCUT2D eigenvalue weighted by atomic mass is 9.67. The highest BCUT2D eigenvalue weighted by Crippen LogP contribution is 2.37. The minimum Gasteiger partial charge on any atom is -0.368 e. The Labute approximate surface area is 99.2 Å². The number of hydrogen-bond acceptors (Lipinski definition) is 2. The van der Waals surface area contributed by atoms with Gasteiger partial charge in [-0.25, -0.2) is 0 Å². The van der Waals surface area contributed by atoms with Crippen LogP contribution in [0.4, 0.5) is 0 Å². The second kappa shape index (κ2) is 5.17. The monoisotopic (exact) mass is 226 g/mol. The van der Waals surface area contributed by atoms with Crippen molar-refractivity contribution in [3.8, 4) is 0 Å². The van der Waals surface area contributed by atoms with Gasteiger partial charge in [-0.15, -0.1) is 0 Å². The van der Waals surface area contributed by atoms with Gasteiger partial charge in [-0.2, -0.15) is 0 Å². The smallest absolute Gasteiger partial charge is 0.238 e. The Kier molecular flexibility index (Phi) is 4.36. The second-order valence-electron chi connectivity index (χ2n) is 5.77. The zero-order chi connectivity index (χ0) is 12.3. The van der Waals surface area contributed by atoms with E-state index in [1.165, 1.54) is 6.42 Å². The predicted octanol–water partition coefficient (Wildman–Crippen LogP) is 1.91. The Morgan fingerprint density at radius 2 is 2.12 bits per heavy atom. The van der Waals surface area contributed by atoms with E-state index in [2.05, 4.69) is 33.0 Å². The summed E-state index contributed by atoms with van der Waals surface area (Å²) in [5, 5.41) is 3.44. The van der Waals surface area contributed by atoms with Crippen LogP contribution in [0.3, 0.4) is 0 Å². The lowest BCUT2D eigenvalue weighted by molar-refractivity contribution is -0.129. The molecule has 3 unspecified atom stereocenters. The lowest BCUT2D eigenvalue weighted by Gasteiger charge is -2.44. The average Bonchev–Trinajstić information content (AvgIpc) is 2.20. The highest BCUT2D eigenvalue weighted by Gasteiger charge is 2.45. The van der Waals surface area contributed by atoms with Gasteiger partial charge in [0.25, 0.3) is 0 Å². The summed E-state index contributed by atoms with van der Waals surface area (Å²) >= 11 is 0. The molecule has 94 valence electrons. The Morgan fingerprint density at radius 3 is 2.62 bits per heavy atom. The van der Waals surface area contributed by atoms with E-state index in [1.54, 1.807) is 0 Å². The Hall–Kier alpha value is -0.570. The van der Waals surface area contributed by atoms with Gasteiger partial charge in [-0.1, -0.05) is 40.5 Å². The van der Waals surface area contributed by atoms with Crippen LogP contribution in [-0.4, -0.2) is 18.0 Å². The van der Waals surface area contributed by atoms with Gasteiger partial charge in [0, 0.05) is 0 Å². The standard InChI is InChI=1S/C13H26N2O/c1-9(2)8-15-13(12(14)16)7-5-6-10(3)11(13)4/h9-11,15H,5-8H2,1-4H3,(H2,14,16). The Bertz CT molecular complexity index is 252. The molecular formula is C13H26N2O. The van der Waals surface area contributed by atoms with E-state index in [0.29, 0.717) is 17.8 Å². The number of carbonyl (C=O) groups is 1. The van der Waals surface area contributed by atoms with Crippen LogP contribution >= 0.6 is 0 Å². The summed E-state index contributed by atoms with van der Waals surface area (Å²) in [4.78, 5) is 11.8. The molecule has 1 amide bonds. The molecule has 3 nitrogen and oxygen atoms in total. The van der Waals surface area contributed by atoms with E-state index in [9.17, 15) is 4.79 Å². The number of rotatable bonds is 4. The third-order valence-corrected chi connectivity index (χ3v) is 4.13. The van der Waals surface area contributed by atoms with Crippen LogP contribution in [0.1, 0.15) is 47.0 Å². The first-order valence-electron chi connectivity index (χ1n) is 6.45. The molecule has 0 bridgehead atoms. The zero-order valence-corrected chi connectivity index (χ0v) is 11.0. The highest BCUT2D eigenvalue weighted by molar-refractivity contribution is 5.85. The van der Waals surface area contributed by atoms with Crippen molar-refractivity contribution in [2.45, 2.75) is 52.5 Å². The van der Waals surface area contributed by atoms with Crippen LogP contribution in [0.25, 0.3) is 0 Å². The van der Waals surface area contributed by atoms with Crippen molar-refractivity contribution in [2.24, 2.45) is 23.5 Å². The van der Waals surface area contributed by atoms with Gasteiger partial charge in [0.15, 0.2) is 0 Å². The van der Waals surface area contributed by atoms with Crippen LogP contribution in [0, 0.1) is 17.8 Å². The Balaban J connectivity index is 2.82. The van der Waals surface area contributed by atoms with E-state index in [4.69, 9.17) is 5.73 Å². The average molecular weight is 226 g/mol. The summed E-state index contributed by atoms with van der Waals surface area (Å²) in [6, 6.07) is 0. The maximum Gasteiger partial charge on any atom is 0.238 e. The fourth-order valence-corrected chi connectivity index (χ4v) is 2.74. The van der Waals surface area contributed by atoms with Crippen molar-refractivity contribution in [1.29, 1.82) is 0 Å². The van der Waals surface area contributed by atoms with Gasteiger partial charge in [0.05, 0.1) is 0 Å². The van der Waals surface area contributed by atoms with Crippen molar-refractivity contribution < 1.29 is 4.79 Å². The zero-order valence-electron chi connectivity index (χ0n) is 11.0. The fourth-order valence-electron chi connectivity index (χ4n) is 2.74. The summed E-state index contributed by atoms with van der Waals surface area (Å²) < 4.78 is 0. The molecule has 3 atom stereocenters. The Morgan fingerprint density at radius 1 is 1.50 bits per heavy atom. The molecule has 0 aromatic heterocycles. The molecular weight excluding hydrogens is 200 g/mol. The number of hydrogen-bond donors (Lipinski definition) is 2. The van der Waals surface area contributed by atoms with E-state index in [0.717, 1.165) is 19.4 Å². The summed E-state index contributed by atoms with van der Waals surface area (Å²) in [6.07, 6.45) is 3.19. The number of primary amides is 1. The molecule has 3 heteroatoms. The van der Waals surface area contributed by atoms with E-state index < -0.39 is 5.54 Å². The molecule has 0 heterocycles. The van der Waals surface area contributed by atoms with Crippen LogP contribution in [0.5, 0.6) is 0 Å². The van der Waals surface area contributed by atoms with Crippen molar-refractivity contribution in [1.82, 2.24) is 5.32 Å². The van der Waals surface area contributed by atoms with Gasteiger partial charge in [0.1, 0.15) is 5.54 Å². The topological polar surface area (TPSA) is 55.1 Å². The van der Waals surface area contributed by atoms with Crippen LogP contribution in [-0.2, 0) is 4.79 Å². The summed E-state index contributed by atoms with van der Waals surface area (Å²) in [7, 11) is 0. The van der Waals surface area contributed by atoms with Crippen LogP contribution < -0.4 is 11.1 Å². The first-order chi connectivity index (χ1) is 7.40. The van der Waals surface area contributed by atoms with Crippen LogP contribution in [0.2, 0.25) is 0 Å². The third kappa shape index (κ3) is 2.57. The molecule has 0 saturated heterocycles. The maximum atomic E-state index is 11.8. The molecule has 16 heavy (non-hydrogen) atoms. The minimum absolute atomic E-state index is 0.174. The van der Waals surface area contributed by atoms with Crippen molar-refractivity contribution in [2.75, 3.05) is 6.54 Å². The number of carbonyl (C=O) groups excluding carboxylic acids is 1. The largest absolute Gasteiger partial charge is 0.368 e. The van der Waals surface area contributed by atoms with E-state index in [1.807, 2.05) is 0 Å². The molecule has 0 radical (unpaired) electrons. The fraction of sp³-hybridized carbons (Fsp3) is 0.923. The van der Waals surface area contributed by atoms with Crippen LogP contribution in [0.15, 0.2) is 0 Å². The third-order valence-electron chi connectivity index (χ3n) is 4.13. The second-order valence-corrected chi connectivity index (χ2v) is 5.77. The van der Waals surface area contributed by atoms with Crippen molar-refractivity contribution >= 4 is 5.91 Å². The quantitative estimate of drug-likeness (QED) is 0.769. The SMILES string of the molecule is CC(C)CNC1(C(N)=O)CCCC(C)C1C. The first kappa shape index (κ1) is 13.5. The molecule has 1 aliphatic carbocycles. The summed E-state index contributed by atoms with van der Waals surface area (Å²) in [5.74, 6) is 1.27. The van der Waals surface area contributed by atoms with E-state index in [-0.39, 0.29) is 5.91 Å². The summed E-state index contributed by atoms with van der Waals surface area (Å²) in [6.45, 7) is 9.54. The van der Waals surface area contributed by atoms with E-state index >= 15 is 0 Å². The molecule has 0 aromatic rings. The molecule has 1 aliphatic rings. The number of nitrogens with two attached hydrogens (primary N) is 1. The van der Waals surface area contributed by atoms with Crippen molar-refractivity contribution in [3.63, 3.8) is 0 Å². The molecule has 3 N–H and O–H groups in total. The minimum atomic E-state index is -0.470. The van der Waals surface area contributed by atoms with Gasteiger partial charge in [-0.3, -0.25) is 4.79 Å². The highest BCUT2D eigenvalue weighted by atomic mass is 16.1. The molecule has 1 rings (SSSR count). The first-order valence-corrected chi connectivity index (χ1v) is 6.45. The molecule has 1 fully saturated rings. The number of nitrogens with one attached hydrogen (secondary N) is 1. The van der Waals surface area contributed by atoms with Crippen molar-refractivity contribution in [3.05, 3.63) is 0 Å². The lowest BCUT2D eigenvalue weighted by Crippen LogP contribution is -2.63. The molecule has 0 spiro atoms. The van der Waals surface area contributed by atoms with Gasteiger partial charge in [-0.05, 0) is 30.7 Å². The number of amides is 1. The van der Waals surface area contributed by atoms with Gasteiger partial charge in [0.2, 0.25) is 5.91 Å². The van der Waals surface area contributed by atoms with Gasteiger partial charge >= 0.3 is 0 Å². The molecule has 0 aliphatic heterocycles.